The molecule has 1 aliphatic carbocycles. The summed E-state index contributed by atoms with van der Waals surface area (Å²) in [6.45, 7) is 0. The molecule has 1 heterocycles. The standard InChI is InChI=1S/C24H26FN3O4/c1-29-20-8-6-14(9-18(20)25)15-5-7-17-19(10-15)26-13-27-24(17)28-16-11-21(30-2)23(32-4)22(12-16)31-3/h6,8-9,11-13,15H,5,7,10H2,1-4H3,(H,26,27,28). The Morgan fingerprint density at radius 2 is 1.62 bits per heavy atom. The van der Waals surface area contributed by atoms with Gasteiger partial charge in [0.15, 0.2) is 23.1 Å². The normalized spacial score (nSPS) is 15.0. The number of aromatic nitrogens is 2. The summed E-state index contributed by atoms with van der Waals surface area (Å²) >= 11 is 0. The molecule has 1 atom stereocenters. The third-order valence-electron chi connectivity index (χ3n) is 5.79. The molecule has 1 unspecified atom stereocenters. The van der Waals surface area contributed by atoms with Crippen molar-refractivity contribution in [3.63, 3.8) is 0 Å². The number of rotatable bonds is 7. The highest BCUT2D eigenvalue weighted by atomic mass is 19.1. The molecule has 2 aromatic carbocycles. The number of ether oxygens (including phenoxy) is 4. The van der Waals surface area contributed by atoms with Crippen LogP contribution in [0, 0.1) is 5.82 Å². The first-order valence-corrected chi connectivity index (χ1v) is 10.3. The maximum absolute atomic E-state index is 14.2. The van der Waals surface area contributed by atoms with Crippen molar-refractivity contribution in [2.24, 2.45) is 0 Å². The summed E-state index contributed by atoms with van der Waals surface area (Å²) in [5.74, 6) is 2.47. The second-order valence-electron chi connectivity index (χ2n) is 7.52. The molecule has 0 fully saturated rings. The summed E-state index contributed by atoms with van der Waals surface area (Å²) in [7, 11) is 6.19. The van der Waals surface area contributed by atoms with Gasteiger partial charge in [0.2, 0.25) is 5.75 Å². The van der Waals surface area contributed by atoms with Gasteiger partial charge >= 0.3 is 0 Å². The van der Waals surface area contributed by atoms with E-state index in [1.807, 2.05) is 18.2 Å². The van der Waals surface area contributed by atoms with Crippen LogP contribution in [0.25, 0.3) is 0 Å². The van der Waals surface area contributed by atoms with E-state index in [2.05, 4.69) is 15.3 Å². The number of methoxy groups -OCH3 is 4. The van der Waals surface area contributed by atoms with Gasteiger partial charge in [-0.15, -0.1) is 0 Å². The van der Waals surface area contributed by atoms with Crippen molar-refractivity contribution in [3.8, 4) is 23.0 Å². The van der Waals surface area contributed by atoms with Crippen molar-refractivity contribution in [3.05, 3.63) is 59.3 Å². The summed E-state index contributed by atoms with van der Waals surface area (Å²) < 4.78 is 35.5. The Morgan fingerprint density at radius 1 is 0.906 bits per heavy atom. The van der Waals surface area contributed by atoms with Gasteiger partial charge in [-0.25, -0.2) is 14.4 Å². The molecule has 1 aromatic heterocycles. The first-order chi connectivity index (χ1) is 15.6. The maximum atomic E-state index is 14.2. The maximum Gasteiger partial charge on any atom is 0.203 e. The smallest absolute Gasteiger partial charge is 0.203 e. The predicted molar refractivity (Wildman–Crippen MR) is 119 cm³/mol. The fraction of sp³-hybridized carbons (Fsp3) is 0.333. The zero-order valence-electron chi connectivity index (χ0n) is 18.6. The van der Waals surface area contributed by atoms with Crippen LogP contribution in [0.15, 0.2) is 36.7 Å². The Kier molecular flexibility index (Phi) is 6.30. The van der Waals surface area contributed by atoms with Gasteiger partial charge in [0.05, 0.1) is 28.4 Å². The molecule has 3 aromatic rings. The lowest BCUT2D eigenvalue weighted by Crippen LogP contribution is -2.17. The monoisotopic (exact) mass is 439 g/mol. The van der Waals surface area contributed by atoms with Crippen LogP contribution in [-0.2, 0) is 12.8 Å². The fourth-order valence-corrected chi connectivity index (χ4v) is 4.16. The van der Waals surface area contributed by atoms with Gasteiger partial charge in [-0.05, 0) is 42.9 Å². The van der Waals surface area contributed by atoms with Gasteiger partial charge in [-0.3, -0.25) is 0 Å². The fourth-order valence-electron chi connectivity index (χ4n) is 4.16. The molecule has 8 heteroatoms. The van der Waals surface area contributed by atoms with Crippen molar-refractivity contribution in [2.45, 2.75) is 25.2 Å². The SMILES string of the molecule is COc1ccc(C2CCc3c(ncnc3Nc3cc(OC)c(OC)c(OC)c3)C2)cc1F. The highest BCUT2D eigenvalue weighted by Gasteiger charge is 2.25. The van der Waals surface area contributed by atoms with E-state index >= 15 is 0 Å². The summed E-state index contributed by atoms with van der Waals surface area (Å²) in [6.07, 6.45) is 3.92. The lowest BCUT2D eigenvalue weighted by Gasteiger charge is -2.26. The summed E-state index contributed by atoms with van der Waals surface area (Å²) in [5.41, 5.74) is 3.74. The van der Waals surface area contributed by atoms with Crippen LogP contribution in [0.3, 0.4) is 0 Å². The number of fused-ring (bicyclic) bond motifs is 1. The Labute approximate surface area is 186 Å². The van der Waals surface area contributed by atoms with Crippen LogP contribution in [0.1, 0.15) is 29.2 Å². The number of anilines is 2. The molecule has 0 saturated carbocycles. The molecular formula is C24H26FN3O4. The lowest BCUT2D eigenvalue weighted by molar-refractivity contribution is 0.324. The minimum atomic E-state index is -0.344. The van der Waals surface area contributed by atoms with Crippen molar-refractivity contribution in [1.29, 1.82) is 0 Å². The van der Waals surface area contributed by atoms with Crippen molar-refractivity contribution >= 4 is 11.5 Å². The van der Waals surface area contributed by atoms with Crippen molar-refractivity contribution in [1.82, 2.24) is 9.97 Å². The molecule has 1 aliphatic rings. The Balaban J connectivity index is 1.60. The van der Waals surface area contributed by atoms with Crippen molar-refractivity contribution in [2.75, 3.05) is 33.8 Å². The first kappa shape index (κ1) is 21.7. The van der Waals surface area contributed by atoms with Crippen LogP contribution < -0.4 is 24.3 Å². The Morgan fingerprint density at radius 3 is 2.25 bits per heavy atom. The van der Waals surface area contributed by atoms with Crippen LogP contribution in [-0.4, -0.2) is 38.4 Å². The number of nitrogens with one attached hydrogen (secondary N) is 1. The molecule has 4 rings (SSSR count). The van der Waals surface area contributed by atoms with E-state index in [4.69, 9.17) is 18.9 Å². The van der Waals surface area contributed by atoms with Crippen LogP contribution in [0.4, 0.5) is 15.9 Å². The molecule has 0 spiro atoms. The average molecular weight is 439 g/mol. The van der Waals surface area contributed by atoms with E-state index < -0.39 is 0 Å². The minimum Gasteiger partial charge on any atom is -0.494 e. The van der Waals surface area contributed by atoms with E-state index in [9.17, 15) is 4.39 Å². The molecule has 168 valence electrons. The Hall–Kier alpha value is -3.55. The van der Waals surface area contributed by atoms with Gasteiger partial charge < -0.3 is 24.3 Å². The molecule has 0 bridgehead atoms. The second-order valence-corrected chi connectivity index (χ2v) is 7.52. The van der Waals surface area contributed by atoms with Gasteiger partial charge in [-0.1, -0.05) is 6.07 Å². The van der Waals surface area contributed by atoms with Gasteiger partial charge in [0.25, 0.3) is 0 Å². The van der Waals surface area contributed by atoms with Gasteiger partial charge in [-0.2, -0.15) is 0 Å². The van der Waals surface area contributed by atoms with Crippen LogP contribution in [0.2, 0.25) is 0 Å². The molecular weight excluding hydrogens is 413 g/mol. The Bertz CT molecular complexity index is 1100. The highest BCUT2D eigenvalue weighted by Crippen LogP contribution is 2.41. The number of halogens is 1. The summed E-state index contributed by atoms with van der Waals surface area (Å²) in [4.78, 5) is 8.97. The number of hydrogen-bond donors (Lipinski definition) is 1. The second kappa shape index (κ2) is 9.30. The largest absolute Gasteiger partial charge is 0.494 e. The number of benzene rings is 2. The van der Waals surface area contributed by atoms with Gasteiger partial charge in [0.1, 0.15) is 12.1 Å². The molecule has 1 N–H and O–H groups in total. The van der Waals surface area contributed by atoms with Crippen LogP contribution >= 0.6 is 0 Å². The minimum absolute atomic E-state index is 0.187. The highest BCUT2D eigenvalue weighted by molar-refractivity contribution is 5.68. The van der Waals surface area contributed by atoms with Gasteiger partial charge in [0, 0.05) is 29.1 Å². The lowest BCUT2D eigenvalue weighted by atomic mass is 9.82. The zero-order valence-corrected chi connectivity index (χ0v) is 18.6. The van der Waals surface area contributed by atoms with Crippen molar-refractivity contribution < 1.29 is 23.3 Å². The number of nitrogens with zero attached hydrogens (tertiary/aromatic N) is 2. The van der Waals surface area contributed by atoms with Crippen LogP contribution in [0.5, 0.6) is 23.0 Å². The van der Waals surface area contributed by atoms with E-state index in [0.717, 1.165) is 41.2 Å². The third-order valence-corrected chi connectivity index (χ3v) is 5.79. The number of hydrogen-bond acceptors (Lipinski definition) is 7. The third kappa shape index (κ3) is 4.12. The first-order valence-electron chi connectivity index (χ1n) is 10.3. The molecule has 0 amide bonds. The summed E-state index contributed by atoms with van der Waals surface area (Å²) in [5, 5.41) is 3.37. The molecule has 0 radical (unpaired) electrons. The van der Waals surface area contributed by atoms with E-state index in [1.165, 1.54) is 7.11 Å². The topological polar surface area (TPSA) is 74.7 Å². The molecule has 0 saturated heterocycles. The zero-order chi connectivity index (χ0) is 22.7. The van der Waals surface area contributed by atoms with E-state index in [-0.39, 0.29) is 17.5 Å². The van der Waals surface area contributed by atoms with E-state index in [0.29, 0.717) is 23.7 Å². The average Bonchev–Trinajstić information content (AvgIpc) is 2.83. The molecule has 7 nitrogen and oxygen atoms in total. The summed E-state index contributed by atoms with van der Waals surface area (Å²) in [6, 6.07) is 8.83. The predicted octanol–water partition coefficient (Wildman–Crippen LogP) is 4.67. The quantitative estimate of drug-likeness (QED) is 0.574. The van der Waals surface area contributed by atoms with E-state index in [1.54, 1.807) is 39.8 Å². The molecule has 0 aliphatic heterocycles. The molecule has 32 heavy (non-hydrogen) atoms.